The highest BCUT2D eigenvalue weighted by Crippen LogP contribution is 2.38. The third-order valence-corrected chi connectivity index (χ3v) is 5.30. The van der Waals surface area contributed by atoms with E-state index in [1.54, 1.807) is 4.90 Å². The molecule has 1 N–H and O–H groups in total. The molecule has 0 aliphatic carbocycles. The summed E-state index contributed by atoms with van der Waals surface area (Å²) in [7, 11) is 0. The molecule has 2 aliphatic rings. The summed E-state index contributed by atoms with van der Waals surface area (Å²) in [6.45, 7) is 0. The number of hydrogen-bond donors (Lipinski definition) is 1. The van der Waals surface area contributed by atoms with Gasteiger partial charge >= 0.3 is 0 Å². The second-order valence-electron chi connectivity index (χ2n) is 5.31. The molecule has 3 heterocycles. The van der Waals surface area contributed by atoms with Gasteiger partial charge in [-0.2, -0.15) is 0 Å². The van der Waals surface area contributed by atoms with Crippen LogP contribution in [-0.2, 0) is 0 Å². The highest BCUT2D eigenvalue weighted by atomic mass is 35.5. The molecule has 7 heteroatoms. The van der Waals surface area contributed by atoms with E-state index in [4.69, 9.17) is 34.8 Å². The Bertz CT molecular complexity index is 553. The van der Waals surface area contributed by atoms with Gasteiger partial charge in [-0.15, -0.1) is 0 Å². The molecule has 2 unspecified atom stereocenters. The quantitative estimate of drug-likeness (QED) is 0.857. The number of aliphatic hydroxyl groups is 1. The number of pyridine rings is 1. The van der Waals surface area contributed by atoms with Crippen molar-refractivity contribution in [3.63, 3.8) is 0 Å². The second kappa shape index (κ2) is 5.34. The number of piperidine rings is 1. The Morgan fingerprint density at radius 3 is 2.40 bits per heavy atom. The van der Waals surface area contributed by atoms with Crippen LogP contribution in [0.1, 0.15) is 36.2 Å². The predicted octanol–water partition coefficient (Wildman–Crippen LogP) is 3.17. The van der Waals surface area contributed by atoms with Crippen LogP contribution in [0.3, 0.4) is 0 Å². The Kier molecular flexibility index (Phi) is 3.84. The molecule has 3 rings (SSSR count). The molecule has 0 saturated carbocycles. The van der Waals surface area contributed by atoms with Crippen molar-refractivity contribution in [2.75, 3.05) is 0 Å². The number of halogens is 3. The lowest BCUT2D eigenvalue weighted by Crippen LogP contribution is -2.48. The van der Waals surface area contributed by atoms with Crippen molar-refractivity contribution in [3.8, 4) is 0 Å². The molecule has 108 valence electrons. The van der Waals surface area contributed by atoms with E-state index in [9.17, 15) is 9.90 Å². The fraction of sp³-hybridized carbons (Fsp3) is 0.538. The normalized spacial score (nSPS) is 28.8. The van der Waals surface area contributed by atoms with Crippen LogP contribution < -0.4 is 0 Å². The number of rotatable bonds is 1. The average molecular weight is 336 g/mol. The fourth-order valence-corrected chi connectivity index (χ4v) is 3.76. The maximum Gasteiger partial charge on any atom is 0.274 e. The van der Waals surface area contributed by atoms with Crippen LogP contribution in [0.5, 0.6) is 0 Å². The van der Waals surface area contributed by atoms with Crippen LogP contribution in [-0.4, -0.2) is 39.1 Å². The Labute approximate surface area is 131 Å². The minimum Gasteiger partial charge on any atom is -0.393 e. The van der Waals surface area contributed by atoms with Crippen molar-refractivity contribution >= 4 is 40.7 Å². The number of carbonyl (C=O) groups is 1. The molecule has 1 aromatic heterocycles. The third-order valence-electron chi connectivity index (χ3n) is 4.06. The average Bonchev–Trinajstić information content (AvgIpc) is 2.68. The first-order valence-corrected chi connectivity index (χ1v) is 7.62. The number of aromatic nitrogens is 1. The summed E-state index contributed by atoms with van der Waals surface area (Å²) in [6, 6.07) is 0.118. The van der Waals surface area contributed by atoms with E-state index in [0.29, 0.717) is 12.8 Å². The van der Waals surface area contributed by atoms with Gasteiger partial charge < -0.3 is 10.0 Å². The summed E-state index contributed by atoms with van der Waals surface area (Å²) in [5.74, 6) is -0.229. The first kappa shape index (κ1) is 14.4. The van der Waals surface area contributed by atoms with Gasteiger partial charge in [0.15, 0.2) is 0 Å². The van der Waals surface area contributed by atoms with Crippen LogP contribution in [0.15, 0.2) is 6.20 Å². The van der Waals surface area contributed by atoms with E-state index in [1.165, 1.54) is 6.20 Å². The molecule has 1 amide bonds. The van der Waals surface area contributed by atoms with E-state index in [1.807, 2.05) is 0 Å². The van der Waals surface area contributed by atoms with Crippen molar-refractivity contribution in [1.82, 2.24) is 9.88 Å². The van der Waals surface area contributed by atoms with Crippen LogP contribution >= 0.6 is 34.8 Å². The lowest BCUT2D eigenvalue weighted by Gasteiger charge is -2.37. The van der Waals surface area contributed by atoms with Gasteiger partial charge in [0.2, 0.25) is 0 Å². The molecule has 4 nitrogen and oxygen atoms in total. The van der Waals surface area contributed by atoms with E-state index < -0.39 is 0 Å². The van der Waals surface area contributed by atoms with Gasteiger partial charge in [0.25, 0.3) is 5.91 Å². The maximum atomic E-state index is 12.6. The Morgan fingerprint density at radius 2 is 1.80 bits per heavy atom. The molecule has 2 bridgehead atoms. The lowest BCUT2D eigenvalue weighted by molar-refractivity contribution is 0.0283. The van der Waals surface area contributed by atoms with E-state index in [-0.39, 0.29) is 44.9 Å². The van der Waals surface area contributed by atoms with Gasteiger partial charge in [-0.3, -0.25) is 4.79 Å². The Morgan fingerprint density at radius 1 is 1.20 bits per heavy atom. The Hall–Kier alpha value is -0.550. The van der Waals surface area contributed by atoms with Crippen molar-refractivity contribution in [3.05, 3.63) is 27.0 Å². The van der Waals surface area contributed by atoms with Gasteiger partial charge in [-0.1, -0.05) is 34.8 Å². The number of aliphatic hydroxyl groups excluding tert-OH is 1. The number of nitrogens with zero attached hydrogens (tertiary/aromatic N) is 2. The molecule has 20 heavy (non-hydrogen) atoms. The van der Waals surface area contributed by atoms with Gasteiger partial charge in [0.05, 0.1) is 21.2 Å². The largest absolute Gasteiger partial charge is 0.393 e. The van der Waals surface area contributed by atoms with Crippen molar-refractivity contribution in [2.24, 2.45) is 0 Å². The van der Waals surface area contributed by atoms with Crippen LogP contribution in [0, 0.1) is 0 Å². The first-order valence-electron chi connectivity index (χ1n) is 6.49. The first-order chi connectivity index (χ1) is 9.49. The second-order valence-corrected chi connectivity index (χ2v) is 6.47. The summed E-state index contributed by atoms with van der Waals surface area (Å²) in [4.78, 5) is 18.5. The van der Waals surface area contributed by atoms with E-state index >= 15 is 0 Å². The molecule has 1 aromatic rings. The van der Waals surface area contributed by atoms with E-state index in [0.717, 1.165) is 12.8 Å². The maximum absolute atomic E-state index is 12.6. The van der Waals surface area contributed by atoms with Gasteiger partial charge in [-0.25, -0.2) is 4.98 Å². The van der Waals surface area contributed by atoms with Gasteiger partial charge in [0, 0.05) is 18.3 Å². The summed E-state index contributed by atoms with van der Waals surface area (Å²) >= 11 is 17.9. The molecular weight excluding hydrogens is 323 g/mol. The number of carbonyl (C=O) groups excluding carboxylic acids is 1. The summed E-state index contributed by atoms with van der Waals surface area (Å²) < 4.78 is 0. The molecule has 2 atom stereocenters. The SMILES string of the molecule is O=C(c1ncc(Cl)c(Cl)c1Cl)N1C2CCC1CC(O)C2. The lowest BCUT2D eigenvalue weighted by atomic mass is 9.99. The molecule has 2 fully saturated rings. The minimum atomic E-state index is -0.325. The molecule has 0 spiro atoms. The van der Waals surface area contributed by atoms with Crippen LogP contribution in [0.25, 0.3) is 0 Å². The summed E-state index contributed by atoms with van der Waals surface area (Å²) in [6.07, 6.45) is 4.05. The smallest absolute Gasteiger partial charge is 0.274 e. The van der Waals surface area contributed by atoms with Gasteiger partial charge in [0.1, 0.15) is 5.69 Å². The topological polar surface area (TPSA) is 53.4 Å². The van der Waals surface area contributed by atoms with E-state index in [2.05, 4.69) is 4.98 Å². The van der Waals surface area contributed by atoms with Gasteiger partial charge in [-0.05, 0) is 25.7 Å². The molecule has 2 saturated heterocycles. The zero-order chi connectivity index (χ0) is 14.4. The standard InChI is InChI=1S/C13H13Cl3N2O2/c14-9-5-17-12(11(16)10(9)15)13(20)18-6-1-2-7(18)4-8(19)3-6/h5-8,19H,1-4H2. The van der Waals surface area contributed by atoms with Crippen molar-refractivity contribution < 1.29 is 9.90 Å². The van der Waals surface area contributed by atoms with Crippen LogP contribution in [0.2, 0.25) is 15.1 Å². The zero-order valence-electron chi connectivity index (χ0n) is 10.5. The Balaban J connectivity index is 1.92. The third kappa shape index (κ3) is 2.29. The molecule has 0 aromatic carbocycles. The molecular formula is C13H13Cl3N2O2. The minimum absolute atomic E-state index is 0.0589. The number of hydrogen-bond acceptors (Lipinski definition) is 3. The molecule has 2 aliphatic heterocycles. The van der Waals surface area contributed by atoms with Crippen molar-refractivity contribution in [1.29, 1.82) is 0 Å². The van der Waals surface area contributed by atoms with Crippen LogP contribution in [0.4, 0.5) is 0 Å². The predicted molar refractivity (Wildman–Crippen MR) is 77.5 cm³/mol. The fourth-order valence-electron chi connectivity index (χ4n) is 3.19. The number of amides is 1. The molecule has 0 radical (unpaired) electrons. The summed E-state index contributed by atoms with van der Waals surface area (Å²) in [5.41, 5.74) is 0.134. The monoisotopic (exact) mass is 334 g/mol. The zero-order valence-corrected chi connectivity index (χ0v) is 12.8. The van der Waals surface area contributed by atoms with Crippen molar-refractivity contribution in [2.45, 2.75) is 43.9 Å². The highest BCUT2D eigenvalue weighted by molar-refractivity contribution is 6.48. The summed E-state index contributed by atoms with van der Waals surface area (Å²) in [5, 5.41) is 10.2. The number of fused-ring (bicyclic) bond motifs is 2. The highest BCUT2D eigenvalue weighted by Gasteiger charge is 2.43.